The third-order valence-electron chi connectivity index (χ3n) is 3.37. The van der Waals surface area contributed by atoms with Crippen LogP contribution < -0.4 is 16.0 Å². The van der Waals surface area contributed by atoms with Gasteiger partial charge in [-0.15, -0.1) is 12.4 Å². The maximum absolute atomic E-state index is 12.4. The monoisotopic (exact) mass is 351 g/mol. The number of halogens is 1. The van der Waals surface area contributed by atoms with Gasteiger partial charge in [0.25, 0.3) is 0 Å². The number of nitrogens with zero attached hydrogens (tertiary/aromatic N) is 2. The number of aryl methyl sites for hydroxylation is 1. The lowest BCUT2D eigenvalue weighted by molar-refractivity contribution is -0.118. The minimum atomic E-state index is -0.483. The van der Waals surface area contributed by atoms with E-state index in [2.05, 4.69) is 21.0 Å². The maximum atomic E-state index is 12.4. The fourth-order valence-electron chi connectivity index (χ4n) is 2.14. The SMILES string of the molecule is CCC(=O)Nc1ccc(NC(=O)C(NC)c2cnn(C)c2)cc1.Cl. The first kappa shape index (κ1) is 19.7. The third-order valence-corrected chi connectivity index (χ3v) is 3.37. The van der Waals surface area contributed by atoms with Gasteiger partial charge in [-0.05, 0) is 31.3 Å². The average Bonchev–Trinajstić information content (AvgIpc) is 2.96. The van der Waals surface area contributed by atoms with Crippen LogP contribution >= 0.6 is 12.4 Å². The molecule has 1 unspecified atom stereocenters. The number of benzene rings is 1. The predicted molar refractivity (Wildman–Crippen MR) is 96.2 cm³/mol. The lowest BCUT2D eigenvalue weighted by Gasteiger charge is -2.15. The Morgan fingerprint density at radius 1 is 1.17 bits per heavy atom. The molecular weight excluding hydrogens is 330 g/mol. The Morgan fingerprint density at radius 3 is 2.21 bits per heavy atom. The molecule has 130 valence electrons. The van der Waals surface area contributed by atoms with Crippen molar-refractivity contribution >= 4 is 35.6 Å². The molecule has 2 aromatic rings. The molecule has 8 heteroatoms. The number of likely N-dealkylation sites (N-methyl/N-ethyl adjacent to an activating group) is 1. The normalized spacial score (nSPS) is 11.3. The number of carbonyl (C=O) groups excluding carboxylic acids is 2. The molecule has 0 fully saturated rings. The molecule has 24 heavy (non-hydrogen) atoms. The highest BCUT2D eigenvalue weighted by Gasteiger charge is 2.20. The molecule has 0 aliphatic heterocycles. The van der Waals surface area contributed by atoms with E-state index < -0.39 is 6.04 Å². The summed E-state index contributed by atoms with van der Waals surface area (Å²) in [6.45, 7) is 1.79. The average molecular weight is 352 g/mol. The summed E-state index contributed by atoms with van der Waals surface area (Å²) in [5, 5.41) is 12.7. The van der Waals surface area contributed by atoms with Crippen LogP contribution in [0.4, 0.5) is 11.4 Å². The lowest BCUT2D eigenvalue weighted by atomic mass is 10.1. The minimum Gasteiger partial charge on any atom is -0.326 e. The van der Waals surface area contributed by atoms with E-state index in [4.69, 9.17) is 0 Å². The van der Waals surface area contributed by atoms with E-state index in [-0.39, 0.29) is 24.2 Å². The fraction of sp³-hybridized carbons (Fsp3) is 0.312. The Labute approximate surface area is 147 Å². The predicted octanol–water partition coefficient (Wildman–Crippen LogP) is 2.09. The van der Waals surface area contributed by atoms with E-state index in [0.717, 1.165) is 5.56 Å². The summed E-state index contributed by atoms with van der Waals surface area (Å²) in [7, 11) is 3.53. The van der Waals surface area contributed by atoms with Crippen molar-refractivity contribution in [3.63, 3.8) is 0 Å². The summed E-state index contributed by atoms with van der Waals surface area (Å²) >= 11 is 0. The summed E-state index contributed by atoms with van der Waals surface area (Å²) in [5.74, 6) is -0.223. The van der Waals surface area contributed by atoms with Gasteiger partial charge < -0.3 is 16.0 Å². The molecule has 1 aromatic carbocycles. The summed E-state index contributed by atoms with van der Waals surface area (Å²) in [6.07, 6.45) is 3.88. The van der Waals surface area contributed by atoms with Crippen LogP contribution in [0.25, 0.3) is 0 Å². The van der Waals surface area contributed by atoms with Crippen molar-refractivity contribution in [2.45, 2.75) is 19.4 Å². The van der Waals surface area contributed by atoms with Crippen molar-refractivity contribution in [1.82, 2.24) is 15.1 Å². The highest BCUT2D eigenvalue weighted by atomic mass is 35.5. The topological polar surface area (TPSA) is 88.1 Å². The zero-order chi connectivity index (χ0) is 16.8. The van der Waals surface area contributed by atoms with Crippen LogP contribution in [0, 0.1) is 0 Å². The number of rotatable bonds is 6. The smallest absolute Gasteiger partial charge is 0.246 e. The Kier molecular flexibility index (Phi) is 7.41. The summed E-state index contributed by atoms with van der Waals surface area (Å²) in [4.78, 5) is 23.7. The first-order valence-electron chi connectivity index (χ1n) is 7.40. The summed E-state index contributed by atoms with van der Waals surface area (Å²) < 4.78 is 1.65. The minimum absolute atomic E-state index is 0. The molecule has 1 atom stereocenters. The van der Waals surface area contributed by atoms with Crippen LogP contribution in [-0.4, -0.2) is 28.6 Å². The number of carbonyl (C=O) groups is 2. The molecule has 7 nitrogen and oxygen atoms in total. The molecule has 2 amide bonds. The second-order valence-corrected chi connectivity index (χ2v) is 5.14. The summed E-state index contributed by atoms with van der Waals surface area (Å²) in [5.41, 5.74) is 2.15. The van der Waals surface area contributed by atoms with Gasteiger partial charge in [0.15, 0.2) is 0 Å². The van der Waals surface area contributed by atoms with Gasteiger partial charge in [0.1, 0.15) is 6.04 Å². The second kappa shape index (κ2) is 9.05. The molecule has 2 rings (SSSR count). The van der Waals surface area contributed by atoms with Crippen molar-refractivity contribution in [3.05, 3.63) is 42.2 Å². The van der Waals surface area contributed by atoms with Crippen LogP contribution in [0.15, 0.2) is 36.7 Å². The Balaban J connectivity index is 0.00000288. The number of amides is 2. The van der Waals surface area contributed by atoms with Crippen molar-refractivity contribution in [1.29, 1.82) is 0 Å². The first-order valence-corrected chi connectivity index (χ1v) is 7.40. The van der Waals surface area contributed by atoms with Crippen molar-refractivity contribution < 1.29 is 9.59 Å². The number of aromatic nitrogens is 2. The van der Waals surface area contributed by atoms with Gasteiger partial charge in [0.2, 0.25) is 11.8 Å². The molecule has 0 aliphatic rings. The van der Waals surface area contributed by atoms with Crippen molar-refractivity contribution in [2.24, 2.45) is 7.05 Å². The Bertz CT molecular complexity index is 684. The van der Waals surface area contributed by atoms with Crippen LogP contribution in [0.1, 0.15) is 24.9 Å². The molecule has 0 bridgehead atoms. The van der Waals surface area contributed by atoms with E-state index in [0.29, 0.717) is 17.8 Å². The van der Waals surface area contributed by atoms with Crippen LogP contribution in [0.2, 0.25) is 0 Å². The van der Waals surface area contributed by atoms with Crippen molar-refractivity contribution in [2.75, 3.05) is 17.7 Å². The Morgan fingerprint density at radius 2 is 1.75 bits per heavy atom. The second-order valence-electron chi connectivity index (χ2n) is 5.14. The molecule has 0 saturated carbocycles. The third kappa shape index (κ3) is 5.07. The highest BCUT2D eigenvalue weighted by molar-refractivity contribution is 5.96. The van der Waals surface area contributed by atoms with Gasteiger partial charge in [-0.3, -0.25) is 14.3 Å². The zero-order valence-electron chi connectivity index (χ0n) is 13.9. The number of anilines is 2. The van der Waals surface area contributed by atoms with Gasteiger partial charge in [-0.1, -0.05) is 6.92 Å². The van der Waals surface area contributed by atoms with Gasteiger partial charge in [-0.2, -0.15) is 5.10 Å². The fourth-order valence-corrected chi connectivity index (χ4v) is 2.14. The van der Waals surface area contributed by atoms with Crippen LogP contribution in [0.5, 0.6) is 0 Å². The van der Waals surface area contributed by atoms with Crippen LogP contribution in [0.3, 0.4) is 0 Å². The van der Waals surface area contributed by atoms with E-state index >= 15 is 0 Å². The molecular formula is C16H22ClN5O2. The van der Waals surface area contributed by atoms with Gasteiger partial charge in [0.05, 0.1) is 6.20 Å². The molecule has 1 aromatic heterocycles. The lowest BCUT2D eigenvalue weighted by Crippen LogP contribution is -2.30. The maximum Gasteiger partial charge on any atom is 0.246 e. The first-order chi connectivity index (χ1) is 11.0. The van der Waals surface area contributed by atoms with Gasteiger partial charge in [-0.25, -0.2) is 0 Å². The number of hydrogen-bond donors (Lipinski definition) is 3. The molecule has 0 saturated heterocycles. The number of nitrogens with one attached hydrogen (secondary N) is 3. The Hall–Kier alpha value is -2.38. The molecule has 0 radical (unpaired) electrons. The number of hydrogen-bond acceptors (Lipinski definition) is 4. The molecule has 0 spiro atoms. The van der Waals surface area contributed by atoms with Gasteiger partial charge >= 0.3 is 0 Å². The molecule has 3 N–H and O–H groups in total. The van der Waals surface area contributed by atoms with Crippen molar-refractivity contribution in [3.8, 4) is 0 Å². The van der Waals surface area contributed by atoms with Crippen LogP contribution in [-0.2, 0) is 16.6 Å². The quantitative estimate of drug-likeness (QED) is 0.743. The van der Waals surface area contributed by atoms with Gasteiger partial charge in [0, 0.05) is 36.6 Å². The largest absolute Gasteiger partial charge is 0.326 e. The standard InChI is InChI=1S/C16H21N5O2.ClH/c1-4-14(22)19-12-5-7-13(8-6-12)20-16(23)15(17-2)11-9-18-21(3)10-11;/h5-10,15,17H,4H2,1-3H3,(H,19,22)(H,20,23);1H. The molecule has 1 heterocycles. The highest BCUT2D eigenvalue weighted by Crippen LogP contribution is 2.17. The van der Waals surface area contributed by atoms with E-state index in [9.17, 15) is 9.59 Å². The van der Waals surface area contributed by atoms with E-state index in [1.807, 2.05) is 0 Å². The summed E-state index contributed by atoms with van der Waals surface area (Å²) in [6, 6.07) is 6.52. The zero-order valence-corrected chi connectivity index (χ0v) is 14.7. The molecule has 0 aliphatic carbocycles. The van der Waals surface area contributed by atoms with E-state index in [1.54, 1.807) is 62.4 Å². The van der Waals surface area contributed by atoms with E-state index in [1.165, 1.54) is 0 Å².